The summed E-state index contributed by atoms with van der Waals surface area (Å²) < 4.78 is 11.0. The van der Waals surface area contributed by atoms with Gasteiger partial charge in [0.25, 0.3) is 0 Å². The Morgan fingerprint density at radius 2 is 1.62 bits per heavy atom. The van der Waals surface area contributed by atoms with Gasteiger partial charge in [0.2, 0.25) is 11.8 Å². The largest absolute Gasteiger partial charge is 0.508 e. The molecule has 0 spiro atoms. The number of benzene rings is 3. The van der Waals surface area contributed by atoms with Crippen molar-refractivity contribution in [1.29, 1.82) is 0 Å². The Bertz CT molecular complexity index is 1970. The van der Waals surface area contributed by atoms with Gasteiger partial charge in [-0.3, -0.25) is 24.1 Å². The molecule has 236 valence electrons. The van der Waals surface area contributed by atoms with Crippen molar-refractivity contribution in [3.63, 3.8) is 0 Å². The van der Waals surface area contributed by atoms with E-state index in [2.05, 4.69) is 15.9 Å². The van der Waals surface area contributed by atoms with E-state index in [1.807, 2.05) is 48.6 Å². The number of phenols is 1. The second kappa shape index (κ2) is 12.0. The van der Waals surface area contributed by atoms with E-state index in [4.69, 9.17) is 9.47 Å². The lowest BCUT2D eigenvalue weighted by Gasteiger charge is -2.42. The predicted molar refractivity (Wildman–Crippen MR) is 180 cm³/mol. The number of carbonyl (C=O) groups is 4. The smallest absolute Gasteiger partial charge is 0.238 e. The number of rotatable bonds is 6. The Labute approximate surface area is 279 Å². The molecule has 3 aliphatic carbocycles. The van der Waals surface area contributed by atoms with Crippen molar-refractivity contribution in [2.24, 2.45) is 17.8 Å². The number of phenolic OH excluding ortho intramolecular Hbond substituents is 1. The summed E-state index contributed by atoms with van der Waals surface area (Å²) in [5.74, 6) is -1.91. The summed E-state index contributed by atoms with van der Waals surface area (Å²) in [7, 11) is 3.21. The van der Waals surface area contributed by atoms with Gasteiger partial charge < -0.3 is 14.6 Å². The van der Waals surface area contributed by atoms with Crippen LogP contribution in [0.25, 0.3) is 12.2 Å². The highest BCUT2D eigenvalue weighted by Crippen LogP contribution is 2.55. The van der Waals surface area contributed by atoms with E-state index < -0.39 is 23.7 Å². The highest BCUT2D eigenvalue weighted by atomic mass is 79.9. The van der Waals surface area contributed by atoms with E-state index in [0.717, 1.165) is 22.3 Å². The molecule has 4 atom stereocenters. The van der Waals surface area contributed by atoms with Crippen LogP contribution in [0.2, 0.25) is 0 Å². The molecular formula is C38H30BrNO7. The minimum absolute atomic E-state index is 0.0791. The molecule has 1 aliphatic heterocycles. The molecule has 0 radical (unpaired) electrons. The van der Waals surface area contributed by atoms with Crippen LogP contribution < -0.4 is 14.4 Å². The maximum atomic E-state index is 14.2. The number of imide groups is 1. The second-order valence-electron chi connectivity index (χ2n) is 12.0. The van der Waals surface area contributed by atoms with Crippen LogP contribution in [0.1, 0.15) is 35.4 Å². The third-order valence-corrected chi connectivity index (χ3v) is 10.2. The number of Topliss-reactive ketones (excluding diaryl/α,β-unsaturated/α-hetero) is 1. The van der Waals surface area contributed by atoms with Crippen LogP contribution in [0, 0.1) is 17.8 Å². The number of aromatic hydroxyl groups is 1. The summed E-state index contributed by atoms with van der Waals surface area (Å²) in [4.78, 5) is 56.1. The lowest BCUT2D eigenvalue weighted by Crippen LogP contribution is -2.39. The Kier molecular flexibility index (Phi) is 7.80. The Balaban J connectivity index is 1.20. The van der Waals surface area contributed by atoms with Crippen LogP contribution >= 0.6 is 15.9 Å². The lowest BCUT2D eigenvalue weighted by molar-refractivity contribution is -0.123. The topological polar surface area (TPSA) is 110 Å². The molecule has 0 unspecified atom stereocenters. The molecule has 4 aliphatic rings. The van der Waals surface area contributed by atoms with Gasteiger partial charge in [-0.25, -0.2) is 0 Å². The summed E-state index contributed by atoms with van der Waals surface area (Å²) in [6.45, 7) is 0. The fourth-order valence-electron chi connectivity index (χ4n) is 7.40. The number of amides is 2. The van der Waals surface area contributed by atoms with E-state index in [-0.39, 0.29) is 40.0 Å². The second-order valence-corrected chi connectivity index (χ2v) is 12.9. The van der Waals surface area contributed by atoms with Crippen LogP contribution in [0.5, 0.6) is 17.2 Å². The van der Waals surface area contributed by atoms with Crippen LogP contribution in [0.4, 0.5) is 5.69 Å². The summed E-state index contributed by atoms with van der Waals surface area (Å²) in [6.07, 6.45) is 7.64. The number of ether oxygens (including phenoxy) is 2. The van der Waals surface area contributed by atoms with Crippen LogP contribution in [0.15, 0.2) is 100 Å². The molecule has 7 rings (SSSR count). The van der Waals surface area contributed by atoms with Crippen molar-refractivity contribution < 1.29 is 33.8 Å². The van der Waals surface area contributed by atoms with Gasteiger partial charge in [-0.05, 0) is 88.3 Å². The first-order valence-electron chi connectivity index (χ1n) is 15.3. The first kappa shape index (κ1) is 30.6. The SMILES string of the molecule is COc1ccc(OC)c(C=Cc2ccc(N3C(=O)[C@H]4[C@H](CC=C5[C@H](c6ccc(O)cc6)C6=C(C[C@H]54)C(=O)C(Br)=CC6=O)C3=O)cc2)c1. The van der Waals surface area contributed by atoms with E-state index in [0.29, 0.717) is 34.8 Å². The minimum atomic E-state index is -0.677. The zero-order chi connectivity index (χ0) is 33.0. The zero-order valence-corrected chi connectivity index (χ0v) is 27.2. The number of ketones is 2. The van der Waals surface area contributed by atoms with Crippen LogP contribution in [0.3, 0.4) is 0 Å². The first-order chi connectivity index (χ1) is 22.7. The highest BCUT2D eigenvalue weighted by Gasteiger charge is 2.56. The van der Waals surface area contributed by atoms with Crippen molar-refractivity contribution >= 4 is 57.2 Å². The molecule has 1 N–H and O–H groups in total. The molecular weight excluding hydrogens is 662 g/mol. The molecule has 47 heavy (non-hydrogen) atoms. The molecule has 2 amide bonds. The van der Waals surface area contributed by atoms with Gasteiger partial charge in [-0.1, -0.05) is 48.1 Å². The first-order valence-corrected chi connectivity index (χ1v) is 16.1. The van der Waals surface area contributed by atoms with Crippen molar-refractivity contribution in [2.45, 2.75) is 18.8 Å². The van der Waals surface area contributed by atoms with E-state index in [1.54, 1.807) is 50.6 Å². The number of hydrogen-bond acceptors (Lipinski definition) is 7. The van der Waals surface area contributed by atoms with Crippen molar-refractivity contribution in [2.75, 3.05) is 19.1 Å². The normalized spacial score (nSPS) is 23.8. The quantitative estimate of drug-likeness (QED) is 0.135. The average molecular weight is 693 g/mol. The standard InChI is InChI=1S/C38H30BrNO7/c1-46-25-13-16-32(47-2)22(17-25)6-3-20-4-9-23(10-5-20)40-37(44)27-15-14-26-28(34(27)38(40)45)18-29-35(31(42)19-30(39)36(29)43)33(26)21-7-11-24(41)12-8-21/h3-14,16-17,19,27-28,33-34,41H,15,18H2,1-2H3/t27-,28+,33-,34-/m0/s1. The fraction of sp³-hybridized carbons (Fsp3) is 0.211. The van der Waals surface area contributed by atoms with Gasteiger partial charge in [0.15, 0.2) is 11.6 Å². The van der Waals surface area contributed by atoms with Crippen molar-refractivity contribution in [3.05, 3.63) is 117 Å². The maximum Gasteiger partial charge on any atom is 0.238 e. The number of anilines is 1. The maximum absolute atomic E-state index is 14.2. The molecule has 1 saturated heterocycles. The number of hydrogen-bond donors (Lipinski definition) is 1. The Morgan fingerprint density at radius 1 is 0.872 bits per heavy atom. The third kappa shape index (κ3) is 5.15. The molecule has 1 fully saturated rings. The van der Waals surface area contributed by atoms with E-state index in [1.165, 1.54) is 11.0 Å². The van der Waals surface area contributed by atoms with Gasteiger partial charge in [0, 0.05) is 28.7 Å². The average Bonchev–Trinajstić information content (AvgIpc) is 3.35. The van der Waals surface area contributed by atoms with E-state index in [9.17, 15) is 24.3 Å². The third-order valence-electron chi connectivity index (χ3n) is 9.60. The molecule has 3 aromatic rings. The van der Waals surface area contributed by atoms with Crippen LogP contribution in [-0.4, -0.2) is 42.7 Å². The molecule has 0 saturated carbocycles. The molecule has 9 heteroatoms. The number of halogens is 1. The van der Waals surface area contributed by atoms with E-state index >= 15 is 0 Å². The monoisotopic (exact) mass is 691 g/mol. The highest BCUT2D eigenvalue weighted by molar-refractivity contribution is 9.12. The summed E-state index contributed by atoms with van der Waals surface area (Å²) in [5.41, 5.74) is 4.54. The van der Waals surface area contributed by atoms with Gasteiger partial charge in [0.1, 0.15) is 17.2 Å². The van der Waals surface area contributed by atoms with Gasteiger partial charge in [-0.2, -0.15) is 0 Å². The fourth-order valence-corrected chi connectivity index (χ4v) is 7.84. The number of carbonyl (C=O) groups excluding carboxylic acids is 4. The summed E-state index contributed by atoms with van der Waals surface area (Å²) in [6, 6.07) is 19.3. The molecule has 1 heterocycles. The van der Waals surface area contributed by atoms with Gasteiger partial charge >= 0.3 is 0 Å². The summed E-state index contributed by atoms with van der Waals surface area (Å²) >= 11 is 3.25. The zero-order valence-electron chi connectivity index (χ0n) is 25.6. The molecule has 0 bridgehead atoms. The molecule has 3 aromatic carbocycles. The number of allylic oxidation sites excluding steroid dienone is 6. The molecule has 0 aromatic heterocycles. The number of nitrogens with zero attached hydrogens (tertiary/aromatic N) is 1. The van der Waals surface area contributed by atoms with Crippen LogP contribution in [-0.2, 0) is 19.2 Å². The van der Waals surface area contributed by atoms with Crippen molar-refractivity contribution in [1.82, 2.24) is 0 Å². The van der Waals surface area contributed by atoms with Gasteiger partial charge in [0.05, 0.1) is 36.2 Å². The Hall–Kier alpha value is -5.02. The molecule has 8 nitrogen and oxygen atoms in total. The minimum Gasteiger partial charge on any atom is -0.508 e. The van der Waals surface area contributed by atoms with Gasteiger partial charge in [-0.15, -0.1) is 0 Å². The number of methoxy groups -OCH3 is 2. The predicted octanol–water partition coefficient (Wildman–Crippen LogP) is 6.55. The number of fused-ring (bicyclic) bond motifs is 3. The lowest BCUT2D eigenvalue weighted by atomic mass is 9.59. The van der Waals surface area contributed by atoms with Crippen molar-refractivity contribution in [3.8, 4) is 17.2 Å². The Morgan fingerprint density at radius 3 is 2.32 bits per heavy atom. The summed E-state index contributed by atoms with van der Waals surface area (Å²) in [5, 5.41) is 9.95.